The molecule has 1 saturated heterocycles. The van der Waals surface area contributed by atoms with Crippen LogP contribution in [0.15, 0.2) is 12.1 Å². The number of hydrogen-bond acceptors (Lipinski definition) is 3. The number of nitrogens with zero attached hydrogens (tertiary/aromatic N) is 4. The number of amides is 1. The van der Waals surface area contributed by atoms with Crippen molar-refractivity contribution in [2.45, 2.75) is 52.6 Å². The average molecular weight is 368 g/mol. The highest BCUT2D eigenvalue weighted by molar-refractivity contribution is 5.81. The first-order chi connectivity index (χ1) is 12.0. The highest BCUT2D eigenvalue weighted by atomic mass is 19.4. The molecule has 0 N–H and O–H groups in total. The van der Waals surface area contributed by atoms with E-state index in [-0.39, 0.29) is 17.5 Å². The molecule has 1 atom stereocenters. The highest BCUT2D eigenvalue weighted by Crippen LogP contribution is 2.33. The van der Waals surface area contributed by atoms with Gasteiger partial charge >= 0.3 is 6.18 Å². The summed E-state index contributed by atoms with van der Waals surface area (Å²) in [6.45, 7) is 8.41. The number of halogens is 3. The standard InChI is InChI=1S/C18H23F3N4O/c1-5-12-8-14(18(19,20)21)25-15(22-12)9-13(23-25)11-6-7-24(10-11)16(26)17(2,3)4/h8-9,11H,5-7,10H2,1-4H3/t11-/m0/s1. The second kappa shape index (κ2) is 6.25. The molecular weight excluding hydrogens is 345 g/mol. The maximum absolute atomic E-state index is 13.4. The minimum Gasteiger partial charge on any atom is -0.342 e. The number of alkyl halides is 3. The summed E-state index contributed by atoms with van der Waals surface area (Å²) in [6.07, 6.45) is -3.40. The van der Waals surface area contributed by atoms with E-state index in [0.717, 1.165) is 10.6 Å². The molecule has 3 heterocycles. The molecule has 3 rings (SSSR count). The van der Waals surface area contributed by atoms with Gasteiger partial charge in [0.1, 0.15) is 5.69 Å². The third-order valence-electron chi connectivity index (χ3n) is 4.69. The number of aryl methyl sites for hydroxylation is 1. The zero-order valence-corrected chi connectivity index (χ0v) is 15.4. The van der Waals surface area contributed by atoms with Crippen molar-refractivity contribution in [2.75, 3.05) is 13.1 Å². The Hall–Kier alpha value is -2.12. The summed E-state index contributed by atoms with van der Waals surface area (Å²) in [5.74, 6) is -0.0275. The zero-order valence-electron chi connectivity index (χ0n) is 15.4. The summed E-state index contributed by atoms with van der Waals surface area (Å²) >= 11 is 0. The van der Waals surface area contributed by atoms with Crippen LogP contribution in [0.2, 0.25) is 0 Å². The van der Waals surface area contributed by atoms with E-state index in [0.29, 0.717) is 37.3 Å². The van der Waals surface area contributed by atoms with Crippen molar-refractivity contribution in [2.24, 2.45) is 5.41 Å². The van der Waals surface area contributed by atoms with Gasteiger partial charge in [0.15, 0.2) is 5.65 Å². The Balaban J connectivity index is 1.94. The molecule has 5 nitrogen and oxygen atoms in total. The van der Waals surface area contributed by atoms with E-state index in [1.54, 1.807) is 17.9 Å². The maximum Gasteiger partial charge on any atom is 0.433 e. The fourth-order valence-electron chi connectivity index (χ4n) is 3.29. The van der Waals surface area contributed by atoms with Crippen molar-refractivity contribution >= 4 is 11.6 Å². The monoisotopic (exact) mass is 368 g/mol. The molecule has 0 aromatic carbocycles. The zero-order chi connectivity index (χ0) is 19.3. The van der Waals surface area contributed by atoms with Crippen LogP contribution in [-0.2, 0) is 17.4 Å². The fourth-order valence-corrected chi connectivity index (χ4v) is 3.29. The maximum atomic E-state index is 13.4. The van der Waals surface area contributed by atoms with E-state index in [4.69, 9.17) is 0 Å². The number of rotatable bonds is 2. The molecule has 0 radical (unpaired) electrons. The fraction of sp³-hybridized carbons (Fsp3) is 0.611. The predicted octanol–water partition coefficient (Wildman–Crippen LogP) is 3.67. The van der Waals surface area contributed by atoms with Crippen LogP contribution in [0, 0.1) is 5.41 Å². The lowest BCUT2D eigenvalue weighted by Gasteiger charge is -2.25. The SMILES string of the molecule is CCc1cc(C(F)(F)F)n2nc([C@H]3CCN(C(=O)C(C)(C)C)C3)cc2n1. The smallest absolute Gasteiger partial charge is 0.342 e. The molecule has 1 fully saturated rings. The average Bonchev–Trinajstić information content (AvgIpc) is 3.17. The van der Waals surface area contributed by atoms with Gasteiger partial charge < -0.3 is 4.90 Å². The molecule has 1 aliphatic heterocycles. The van der Waals surface area contributed by atoms with E-state index in [1.807, 2.05) is 20.8 Å². The number of hydrogen-bond donors (Lipinski definition) is 0. The number of carbonyl (C=O) groups excluding carboxylic acids is 1. The molecule has 8 heteroatoms. The van der Waals surface area contributed by atoms with Gasteiger partial charge in [0.25, 0.3) is 0 Å². The first-order valence-corrected chi connectivity index (χ1v) is 8.77. The molecule has 1 aliphatic rings. The van der Waals surface area contributed by atoms with Crippen molar-refractivity contribution in [3.63, 3.8) is 0 Å². The molecule has 0 aliphatic carbocycles. The van der Waals surface area contributed by atoms with Crippen LogP contribution in [0.25, 0.3) is 5.65 Å². The van der Waals surface area contributed by atoms with Crippen molar-refractivity contribution in [3.8, 4) is 0 Å². The molecule has 0 saturated carbocycles. The van der Waals surface area contributed by atoms with E-state index in [2.05, 4.69) is 10.1 Å². The molecule has 0 unspecified atom stereocenters. The van der Waals surface area contributed by atoms with Gasteiger partial charge in [0, 0.05) is 36.2 Å². The van der Waals surface area contributed by atoms with Crippen LogP contribution >= 0.6 is 0 Å². The third-order valence-corrected chi connectivity index (χ3v) is 4.69. The highest BCUT2D eigenvalue weighted by Gasteiger charge is 2.37. The van der Waals surface area contributed by atoms with Crippen LogP contribution in [-0.4, -0.2) is 38.5 Å². The molecule has 142 valence electrons. The Morgan fingerprint density at radius 3 is 2.54 bits per heavy atom. The molecule has 2 aromatic heterocycles. The van der Waals surface area contributed by atoms with Crippen LogP contribution < -0.4 is 0 Å². The Morgan fingerprint density at radius 1 is 1.27 bits per heavy atom. The van der Waals surface area contributed by atoms with E-state index >= 15 is 0 Å². The van der Waals surface area contributed by atoms with Gasteiger partial charge in [-0.05, 0) is 18.9 Å². The molecule has 1 amide bonds. The second-order valence-corrected chi connectivity index (χ2v) is 7.81. The lowest BCUT2D eigenvalue weighted by atomic mass is 9.95. The number of likely N-dealkylation sites (tertiary alicyclic amines) is 1. The van der Waals surface area contributed by atoms with Gasteiger partial charge in [-0.25, -0.2) is 9.50 Å². The molecule has 2 aromatic rings. The topological polar surface area (TPSA) is 50.5 Å². The first-order valence-electron chi connectivity index (χ1n) is 8.77. The van der Waals surface area contributed by atoms with Crippen LogP contribution in [0.5, 0.6) is 0 Å². The molecular formula is C18H23F3N4O. The molecule has 0 spiro atoms. The normalized spacial score (nSPS) is 18.7. The minimum atomic E-state index is -4.50. The summed E-state index contributed by atoms with van der Waals surface area (Å²) in [6, 6.07) is 2.66. The number of aromatic nitrogens is 3. The largest absolute Gasteiger partial charge is 0.433 e. The Kier molecular flexibility index (Phi) is 4.48. The number of fused-ring (bicyclic) bond motifs is 1. The van der Waals surface area contributed by atoms with Crippen molar-refractivity contribution in [1.29, 1.82) is 0 Å². The molecule has 0 bridgehead atoms. The van der Waals surface area contributed by atoms with E-state index < -0.39 is 17.3 Å². The van der Waals surface area contributed by atoms with Gasteiger partial charge in [-0.15, -0.1) is 0 Å². The summed E-state index contributed by atoms with van der Waals surface area (Å²) in [5.41, 5.74) is -0.152. The summed E-state index contributed by atoms with van der Waals surface area (Å²) in [5, 5.41) is 4.19. The van der Waals surface area contributed by atoms with Crippen molar-refractivity contribution in [1.82, 2.24) is 19.5 Å². The Morgan fingerprint density at radius 2 is 1.96 bits per heavy atom. The lowest BCUT2D eigenvalue weighted by Crippen LogP contribution is -2.37. The summed E-state index contributed by atoms with van der Waals surface area (Å²) in [7, 11) is 0. The molecule has 26 heavy (non-hydrogen) atoms. The lowest BCUT2D eigenvalue weighted by molar-refractivity contribution is -0.142. The quantitative estimate of drug-likeness (QED) is 0.813. The van der Waals surface area contributed by atoms with Gasteiger partial charge in [-0.1, -0.05) is 27.7 Å². The predicted molar refractivity (Wildman–Crippen MR) is 90.8 cm³/mol. The van der Waals surface area contributed by atoms with E-state index in [1.165, 1.54) is 0 Å². The van der Waals surface area contributed by atoms with Crippen LogP contribution in [0.4, 0.5) is 13.2 Å². The van der Waals surface area contributed by atoms with Gasteiger partial charge in [0.05, 0.1) is 5.69 Å². The summed E-state index contributed by atoms with van der Waals surface area (Å²) in [4.78, 5) is 18.5. The van der Waals surface area contributed by atoms with Gasteiger partial charge in [-0.3, -0.25) is 4.79 Å². The second-order valence-electron chi connectivity index (χ2n) is 7.81. The van der Waals surface area contributed by atoms with Gasteiger partial charge in [0.2, 0.25) is 5.91 Å². The Bertz CT molecular complexity index is 835. The third kappa shape index (κ3) is 3.41. The first kappa shape index (κ1) is 18.7. The number of carbonyl (C=O) groups is 1. The van der Waals surface area contributed by atoms with Crippen molar-refractivity contribution in [3.05, 3.63) is 29.2 Å². The van der Waals surface area contributed by atoms with Crippen LogP contribution in [0.1, 0.15) is 57.1 Å². The van der Waals surface area contributed by atoms with E-state index in [9.17, 15) is 18.0 Å². The van der Waals surface area contributed by atoms with Gasteiger partial charge in [-0.2, -0.15) is 18.3 Å². The van der Waals surface area contributed by atoms with Crippen molar-refractivity contribution < 1.29 is 18.0 Å². The van der Waals surface area contributed by atoms with Crippen LogP contribution in [0.3, 0.4) is 0 Å². The Labute approximate surface area is 150 Å². The minimum absolute atomic E-state index is 0.0474. The summed E-state index contributed by atoms with van der Waals surface area (Å²) < 4.78 is 41.0.